The highest BCUT2D eigenvalue weighted by Crippen LogP contribution is 2.29. The van der Waals surface area contributed by atoms with Gasteiger partial charge in [0, 0.05) is 23.1 Å². The molecule has 2 aromatic rings. The fourth-order valence-electron chi connectivity index (χ4n) is 1.60. The molecule has 0 aliphatic carbocycles. The van der Waals surface area contributed by atoms with Gasteiger partial charge in [0.15, 0.2) is 0 Å². The number of methoxy groups -OCH3 is 1. The van der Waals surface area contributed by atoms with Crippen LogP contribution in [0.25, 0.3) is 0 Å². The van der Waals surface area contributed by atoms with Crippen LogP contribution in [0.2, 0.25) is 0 Å². The van der Waals surface area contributed by atoms with Crippen molar-refractivity contribution in [2.24, 2.45) is 5.73 Å². The lowest BCUT2D eigenvalue weighted by atomic mass is 10.1. The van der Waals surface area contributed by atoms with Gasteiger partial charge >= 0.3 is 0 Å². The first-order valence-electron chi connectivity index (χ1n) is 5.64. The molecule has 18 heavy (non-hydrogen) atoms. The van der Waals surface area contributed by atoms with E-state index in [0.29, 0.717) is 6.61 Å². The maximum atomic E-state index is 5.92. The molecule has 0 unspecified atom stereocenters. The fourth-order valence-corrected chi connectivity index (χ4v) is 2.15. The highest BCUT2D eigenvalue weighted by Gasteiger charge is 2.10. The third-order valence-corrected chi connectivity index (χ3v) is 3.21. The molecule has 2 rings (SSSR count). The number of aromatic nitrogens is 1. The van der Waals surface area contributed by atoms with Crippen LogP contribution in [0.1, 0.15) is 24.2 Å². The number of thiazole rings is 1. The lowest BCUT2D eigenvalue weighted by Crippen LogP contribution is -2.08. The second-order valence-corrected chi connectivity index (χ2v) is 4.68. The molecule has 0 spiro atoms. The van der Waals surface area contributed by atoms with Gasteiger partial charge < -0.3 is 15.2 Å². The summed E-state index contributed by atoms with van der Waals surface area (Å²) in [6, 6.07) is 5.58. The minimum absolute atomic E-state index is 0.0821. The Labute approximate surface area is 110 Å². The van der Waals surface area contributed by atoms with Crippen LogP contribution in [0, 0.1) is 0 Å². The summed E-state index contributed by atoms with van der Waals surface area (Å²) in [7, 11) is 1.63. The van der Waals surface area contributed by atoms with E-state index in [1.165, 1.54) is 0 Å². The SMILES string of the molecule is COc1ccc([C@@H](C)N)c(OCc2cscn2)c1. The Bertz CT molecular complexity index is 498. The zero-order chi connectivity index (χ0) is 13.0. The summed E-state index contributed by atoms with van der Waals surface area (Å²) in [6.07, 6.45) is 0. The monoisotopic (exact) mass is 264 g/mol. The highest BCUT2D eigenvalue weighted by atomic mass is 32.1. The average molecular weight is 264 g/mol. The molecular weight excluding hydrogens is 248 g/mol. The van der Waals surface area contributed by atoms with Crippen molar-refractivity contribution >= 4 is 11.3 Å². The Kier molecular flexibility index (Phi) is 4.17. The fraction of sp³-hybridized carbons (Fsp3) is 0.308. The van der Waals surface area contributed by atoms with E-state index in [1.807, 2.05) is 30.5 Å². The van der Waals surface area contributed by atoms with Crippen molar-refractivity contribution in [3.05, 3.63) is 40.3 Å². The Morgan fingerprint density at radius 3 is 2.89 bits per heavy atom. The minimum Gasteiger partial charge on any atom is -0.497 e. The van der Waals surface area contributed by atoms with Gasteiger partial charge in [0.05, 0.1) is 18.3 Å². The van der Waals surface area contributed by atoms with Crippen LogP contribution in [-0.2, 0) is 6.61 Å². The van der Waals surface area contributed by atoms with E-state index in [4.69, 9.17) is 15.2 Å². The summed E-state index contributed by atoms with van der Waals surface area (Å²) < 4.78 is 11.0. The van der Waals surface area contributed by atoms with Gasteiger partial charge in [0.1, 0.15) is 18.1 Å². The van der Waals surface area contributed by atoms with E-state index in [2.05, 4.69) is 4.98 Å². The average Bonchev–Trinajstić information content (AvgIpc) is 2.88. The second kappa shape index (κ2) is 5.84. The maximum absolute atomic E-state index is 5.92. The van der Waals surface area contributed by atoms with Gasteiger partial charge in [-0.2, -0.15) is 0 Å². The van der Waals surface area contributed by atoms with Gasteiger partial charge in [-0.1, -0.05) is 6.07 Å². The third kappa shape index (κ3) is 3.00. The number of nitrogens with zero attached hydrogens (tertiary/aromatic N) is 1. The summed E-state index contributed by atoms with van der Waals surface area (Å²) in [5, 5.41) is 1.96. The normalized spacial score (nSPS) is 12.2. The van der Waals surface area contributed by atoms with Crippen molar-refractivity contribution in [2.75, 3.05) is 7.11 Å². The van der Waals surface area contributed by atoms with Gasteiger partial charge in [-0.05, 0) is 13.0 Å². The molecule has 0 radical (unpaired) electrons. The summed E-state index contributed by atoms with van der Waals surface area (Å²) in [6.45, 7) is 2.37. The third-order valence-electron chi connectivity index (χ3n) is 2.57. The molecule has 0 amide bonds. The van der Waals surface area contributed by atoms with E-state index in [0.717, 1.165) is 22.8 Å². The quantitative estimate of drug-likeness (QED) is 0.902. The maximum Gasteiger partial charge on any atom is 0.131 e. The van der Waals surface area contributed by atoms with Crippen LogP contribution in [-0.4, -0.2) is 12.1 Å². The van der Waals surface area contributed by atoms with E-state index in [9.17, 15) is 0 Å². The highest BCUT2D eigenvalue weighted by molar-refractivity contribution is 7.07. The Morgan fingerprint density at radius 1 is 1.44 bits per heavy atom. The number of hydrogen-bond donors (Lipinski definition) is 1. The van der Waals surface area contributed by atoms with Crippen molar-refractivity contribution in [3.8, 4) is 11.5 Å². The number of benzene rings is 1. The van der Waals surface area contributed by atoms with E-state index in [-0.39, 0.29) is 6.04 Å². The summed E-state index contributed by atoms with van der Waals surface area (Å²) >= 11 is 1.55. The van der Waals surface area contributed by atoms with Crippen molar-refractivity contribution in [1.82, 2.24) is 4.98 Å². The predicted octanol–water partition coefficient (Wildman–Crippen LogP) is 2.75. The van der Waals surface area contributed by atoms with Crippen molar-refractivity contribution in [2.45, 2.75) is 19.6 Å². The molecule has 0 bridgehead atoms. The van der Waals surface area contributed by atoms with Crippen LogP contribution in [0.15, 0.2) is 29.1 Å². The molecule has 1 atom stereocenters. The molecule has 4 nitrogen and oxygen atoms in total. The van der Waals surface area contributed by atoms with Crippen molar-refractivity contribution in [3.63, 3.8) is 0 Å². The molecule has 0 fully saturated rings. The van der Waals surface area contributed by atoms with Crippen molar-refractivity contribution < 1.29 is 9.47 Å². The van der Waals surface area contributed by atoms with Crippen LogP contribution in [0.3, 0.4) is 0 Å². The van der Waals surface area contributed by atoms with Crippen LogP contribution >= 0.6 is 11.3 Å². The molecule has 0 saturated carbocycles. The molecule has 2 N–H and O–H groups in total. The van der Waals surface area contributed by atoms with Gasteiger partial charge in [0.25, 0.3) is 0 Å². The zero-order valence-corrected chi connectivity index (χ0v) is 11.2. The van der Waals surface area contributed by atoms with E-state index in [1.54, 1.807) is 24.0 Å². The van der Waals surface area contributed by atoms with Crippen molar-refractivity contribution in [1.29, 1.82) is 0 Å². The lowest BCUT2D eigenvalue weighted by Gasteiger charge is -2.14. The standard InChI is InChI=1S/C13H16N2O2S/c1-9(14)12-4-3-11(16-2)5-13(12)17-6-10-7-18-8-15-10/h3-5,7-9H,6,14H2,1-2H3/t9-/m1/s1. The Hall–Kier alpha value is -1.59. The van der Waals surface area contributed by atoms with Gasteiger partial charge in [0.2, 0.25) is 0 Å². The molecule has 1 aromatic carbocycles. The lowest BCUT2D eigenvalue weighted by molar-refractivity contribution is 0.295. The van der Waals surface area contributed by atoms with Crippen LogP contribution < -0.4 is 15.2 Å². The molecule has 0 aliphatic heterocycles. The van der Waals surface area contributed by atoms with Gasteiger partial charge in [-0.25, -0.2) is 4.98 Å². The molecular formula is C13H16N2O2S. The first-order chi connectivity index (χ1) is 8.70. The van der Waals surface area contributed by atoms with Gasteiger partial charge in [-0.3, -0.25) is 0 Å². The topological polar surface area (TPSA) is 57.4 Å². The summed E-state index contributed by atoms with van der Waals surface area (Å²) in [5.74, 6) is 1.50. The van der Waals surface area contributed by atoms with Crippen LogP contribution in [0.5, 0.6) is 11.5 Å². The largest absolute Gasteiger partial charge is 0.497 e. The number of hydrogen-bond acceptors (Lipinski definition) is 5. The molecule has 5 heteroatoms. The number of rotatable bonds is 5. The first kappa shape index (κ1) is 12.9. The molecule has 0 aliphatic rings. The smallest absolute Gasteiger partial charge is 0.131 e. The number of nitrogens with two attached hydrogens (primary N) is 1. The van der Waals surface area contributed by atoms with Gasteiger partial charge in [-0.15, -0.1) is 11.3 Å². The Morgan fingerprint density at radius 2 is 2.28 bits per heavy atom. The zero-order valence-electron chi connectivity index (χ0n) is 10.4. The Balaban J connectivity index is 2.18. The predicted molar refractivity (Wildman–Crippen MR) is 72.0 cm³/mol. The van der Waals surface area contributed by atoms with E-state index < -0.39 is 0 Å². The van der Waals surface area contributed by atoms with E-state index >= 15 is 0 Å². The molecule has 1 aromatic heterocycles. The summed E-state index contributed by atoms with van der Waals surface area (Å²) in [4.78, 5) is 4.18. The second-order valence-electron chi connectivity index (χ2n) is 3.96. The molecule has 0 saturated heterocycles. The summed E-state index contributed by atoms with van der Waals surface area (Å²) in [5.41, 5.74) is 9.59. The number of ether oxygens (including phenoxy) is 2. The molecule has 1 heterocycles. The minimum atomic E-state index is -0.0821. The first-order valence-corrected chi connectivity index (χ1v) is 6.58. The van der Waals surface area contributed by atoms with Crippen LogP contribution in [0.4, 0.5) is 0 Å². The molecule has 96 valence electrons.